The van der Waals surface area contributed by atoms with Crippen LogP contribution in [0.1, 0.15) is 21.7 Å². The van der Waals surface area contributed by atoms with Gasteiger partial charge in [0.05, 0.1) is 0 Å². The Labute approximate surface area is 88.4 Å². The Morgan fingerprint density at radius 2 is 2.33 bits per heavy atom. The van der Waals surface area contributed by atoms with Gasteiger partial charge in [0.2, 0.25) is 0 Å². The minimum Gasteiger partial charge on any atom is -0.338 e. The summed E-state index contributed by atoms with van der Waals surface area (Å²) in [7, 11) is 1.96. The van der Waals surface area contributed by atoms with Crippen molar-refractivity contribution in [1.82, 2.24) is 9.55 Å². The molecule has 0 radical (unpaired) electrons. The smallest absolute Gasteiger partial charge is 0.150 e. The number of imidazole rings is 1. The summed E-state index contributed by atoms with van der Waals surface area (Å²) in [6.07, 6.45) is 5.31. The summed E-state index contributed by atoms with van der Waals surface area (Å²) in [6, 6.07) is 7.58. The van der Waals surface area contributed by atoms with E-state index in [-0.39, 0.29) is 0 Å². The topological polar surface area (TPSA) is 34.9 Å². The zero-order valence-corrected chi connectivity index (χ0v) is 8.55. The number of aldehydes is 1. The summed E-state index contributed by atoms with van der Waals surface area (Å²) in [5.74, 6) is 0.998. The van der Waals surface area contributed by atoms with Crippen molar-refractivity contribution < 1.29 is 4.79 Å². The molecule has 0 N–H and O–H groups in total. The lowest BCUT2D eigenvalue weighted by molar-refractivity contribution is 0.112. The molecule has 3 nitrogen and oxygen atoms in total. The van der Waals surface area contributed by atoms with Gasteiger partial charge in [-0.25, -0.2) is 4.98 Å². The average Bonchev–Trinajstić information content (AvgIpc) is 2.65. The summed E-state index contributed by atoms with van der Waals surface area (Å²) in [6.45, 7) is 0. The number of hydrogen-bond acceptors (Lipinski definition) is 2. The first-order valence-electron chi connectivity index (χ1n) is 4.80. The Bertz CT molecular complexity index is 474. The molecule has 1 heterocycles. The van der Waals surface area contributed by atoms with E-state index in [1.54, 1.807) is 12.3 Å². The van der Waals surface area contributed by atoms with Gasteiger partial charge in [0.15, 0.2) is 0 Å². The van der Waals surface area contributed by atoms with Gasteiger partial charge < -0.3 is 4.57 Å². The molecule has 0 saturated carbocycles. The molecule has 1 aromatic heterocycles. The summed E-state index contributed by atoms with van der Waals surface area (Å²) >= 11 is 0. The number of hydrogen-bond donors (Lipinski definition) is 0. The van der Waals surface area contributed by atoms with E-state index in [9.17, 15) is 4.79 Å². The van der Waals surface area contributed by atoms with Gasteiger partial charge in [-0.3, -0.25) is 4.79 Å². The predicted molar refractivity (Wildman–Crippen MR) is 57.8 cm³/mol. The van der Waals surface area contributed by atoms with Crippen molar-refractivity contribution in [3.05, 3.63) is 53.6 Å². The van der Waals surface area contributed by atoms with Gasteiger partial charge in [0.1, 0.15) is 12.1 Å². The number of aryl methyl sites for hydroxylation is 1. The van der Waals surface area contributed by atoms with Gasteiger partial charge in [0, 0.05) is 31.4 Å². The lowest BCUT2D eigenvalue weighted by Gasteiger charge is -2.02. The van der Waals surface area contributed by atoms with Crippen LogP contribution in [-0.2, 0) is 13.5 Å². The van der Waals surface area contributed by atoms with E-state index in [4.69, 9.17) is 0 Å². The van der Waals surface area contributed by atoms with Crippen LogP contribution in [0.25, 0.3) is 0 Å². The van der Waals surface area contributed by atoms with Crippen LogP contribution in [0.5, 0.6) is 0 Å². The van der Waals surface area contributed by atoms with Crippen molar-refractivity contribution in [3.8, 4) is 0 Å². The van der Waals surface area contributed by atoms with Gasteiger partial charge in [-0.05, 0) is 11.6 Å². The second-order valence-electron chi connectivity index (χ2n) is 3.49. The molecule has 0 unspecified atom stereocenters. The molecule has 2 aromatic rings. The molecular formula is C12H12N2O. The Morgan fingerprint density at radius 1 is 1.47 bits per heavy atom. The molecule has 15 heavy (non-hydrogen) atoms. The monoisotopic (exact) mass is 200 g/mol. The lowest BCUT2D eigenvalue weighted by atomic mass is 10.1. The molecule has 0 saturated heterocycles. The summed E-state index contributed by atoms with van der Waals surface area (Å²) in [5, 5.41) is 0. The fraction of sp³-hybridized carbons (Fsp3) is 0.167. The second kappa shape index (κ2) is 4.09. The SMILES string of the molecule is Cn1ccnc1Cc1cccc(C=O)c1. The zero-order chi connectivity index (χ0) is 10.7. The molecule has 3 heteroatoms. The third-order valence-corrected chi connectivity index (χ3v) is 2.37. The van der Waals surface area contributed by atoms with Crippen LogP contribution in [0.4, 0.5) is 0 Å². The van der Waals surface area contributed by atoms with Crippen molar-refractivity contribution in [2.45, 2.75) is 6.42 Å². The largest absolute Gasteiger partial charge is 0.338 e. The molecular weight excluding hydrogens is 188 g/mol. The van der Waals surface area contributed by atoms with Crippen molar-refractivity contribution in [1.29, 1.82) is 0 Å². The first kappa shape index (κ1) is 9.65. The Morgan fingerprint density at radius 3 is 3.00 bits per heavy atom. The number of aromatic nitrogens is 2. The van der Waals surface area contributed by atoms with Crippen LogP contribution in [0.15, 0.2) is 36.7 Å². The van der Waals surface area contributed by atoms with Crippen LogP contribution in [0.3, 0.4) is 0 Å². The molecule has 1 aromatic carbocycles. The minimum atomic E-state index is 0.710. The molecule has 0 atom stereocenters. The summed E-state index contributed by atoms with van der Waals surface area (Å²) < 4.78 is 1.98. The van der Waals surface area contributed by atoms with Crippen molar-refractivity contribution in [2.75, 3.05) is 0 Å². The maximum Gasteiger partial charge on any atom is 0.150 e. The van der Waals surface area contributed by atoms with E-state index in [1.165, 1.54) is 0 Å². The van der Waals surface area contributed by atoms with Gasteiger partial charge in [0.25, 0.3) is 0 Å². The molecule has 0 aliphatic heterocycles. The third-order valence-electron chi connectivity index (χ3n) is 2.37. The zero-order valence-electron chi connectivity index (χ0n) is 8.55. The van der Waals surface area contributed by atoms with Gasteiger partial charge in [-0.2, -0.15) is 0 Å². The van der Waals surface area contributed by atoms with Crippen LogP contribution in [-0.4, -0.2) is 15.8 Å². The lowest BCUT2D eigenvalue weighted by Crippen LogP contribution is -1.98. The number of nitrogens with zero attached hydrogens (tertiary/aromatic N) is 2. The van der Waals surface area contributed by atoms with E-state index < -0.39 is 0 Å². The highest BCUT2D eigenvalue weighted by atomic mass is 16.1. The third kappa shape index (κ3) is 2.13. The summed E-state index contributed by atoms with van der Waals surface area (Å²) in [5.41, 5.74) is 1.82. The Kier molecular flexibility index (Phi) is 2.63. The standard InChI is InChI=1S/C12H12N2O/c1-14-6-5-13-12(14)8-10-3-2-4-11(7-10)9-15/h2-7,9H,8H2,1H3. The first-order chi connectivity index (χ1) is 7.29. The molecule has 0 spiro atoms. The molecule has 0 aliphatic carbocycles. The number of benzene rings is 1. The molecule has 0 bridgehead atoms. The van der Waals surface area contributed by atoms with Crippen LogP contribution in [0, 0.1) is 0 Å². The fourth-order valence-corrected chi connectivity index (χ4v) is 1.53. The number of carbonyl (C=O) groups is 1. The van der Waals surface area contributed by atoms with Gasteiger partial charge in [-0.15, -0.1) is 0 Å². The van der Waals surface area contributed by atoms with Crippen molar-refractivity contribution in [3.63, 3.8) is 0 Å². The van der Waals surface area contributed by atoms with E-state index in [1.807, 2.05) is 36.0 Å². The Hall–Kier alpha value is -1.90. The molecule has 0 fully saturated rings. The van der Waals surface area contributed by atoms with Crippen molar-refractivity contribution in [2.24, 2.45) is 7.05 Å². The highest BCUT2D eigenvalue weighted by Gasteiger charge is 2.01. The normalized spacial score (nSPS) is 10.2. The van der Waals surface area contributed by atoms with E-state index in [0.29, 0.717) is 5.56 Å². The van der Waals surface area contributed by atoms with Crippen LogP contribution in [0.2, 0.25) is 0 Å². The van der Waals surface area contributed by atoms with Crippen LogP contribution >= 0.6 is 0 Å². The van der Waals surface area contributed by atoms with E-state index in [0.717, 1.165) is 24.1 Å². The van der Waals surface area contributed by atoms with E-state index >= 15 is 0 Å². The van der Waals surface area contributed by atoms with Gasteiger partial charge >= 0.3 is 0 Å². The minimum absolute atomic E-state index is 0.710. The fourth-order valence-electron chi connectivity index (χ4n) is 1.53. The maximum absolute atomic E-state index is 10.6. The molecule has 0 aliphatic rings. The van der Waals surface area contributed by atoms with Crippen molar-refractivity contribution >= 4 is 6.29 Å². The van der Waals surface area contributed by atoms with Gasteiger partial charge in [-0.1, -0.05) is 18.2 Å². The molecule has 0 amide bonds. The molecule has 2 rings (SSSR count). The first-order valence-corrected chi connectivity index (χ1v) is 4.80. The molecule has 76 valence electrons. The highest BCUT2D eigenvalue weighted by Crippen LogP contribution is 2.08. The predicted octanol–water partition coefficient (Wildman–Crippen LogP) is 1.82. The quantitative estimate of drug-likeness (QED) is 0.708. The highest BCUT2D eigenvalue weighted by molar-refractivity contribution is 5.74. The average molecular weight is 200 g/mol. The number of carbonyl (C=O) groups excluding carboxylic acids is 1. The second-order valence-corrected chi connectivity index (χ2v) is 3.49. The van der Waals surface area contributed by atoms with E-state index in [2.05, 4.69) is 4.98 Å². The Balaban J connectivity index is 2.24. The maximum atomic E-state index is 10.6. The summed E-state index contributed by atoms with van der Waals surface area (Å²) in [4.78, 5) is 14.8. The number of rotatable bonds is 3. The van der Waals surface area contributed by atoms with Crippen LogP contribution < -0.4 is 0 Å².